The molecule has 0 aliphatic rings. The number of halogens is 2. The van der Waals surface area contributed by atoms with Gasteiger partial charge in [0, 0.05) is 5.02 Å². The Bertz CT molecular complexity index is 618. The number of benzene rings is 2. The first-order valence-electron chi connectivity index (χ1n) is 6.04. The van der Waals surface area contributed by atoms with Gasteiger partial charge in [0.15, 0.2) is 6.10 Å². The highest BCUT2D eigenvalue weighted by Gasteiger charge is 2.16. The lowest BCUT2D eigenvalue weighted by Crippen LogP contribution is -2.30. The molecule has 0 saturated carbocycles. The number of amides is 1. The molecule has 2 aromatic rings. The predicted octanol–water partition coefficient (Wildman–Crippen LogP) is 3.89. The Morgan fingerprint density at radius 1 is 1.25 bits per heavy atom. The summed E-state index contributed by atoms with van der Waals surface area (Å²) in [5, 5.41) is 2.99. The minimum absolute atomic E-state index is 0.124. The molecule has 104 valence electrons. The van der Waals surface area contributed by atoms with Crippen LogP contribution in [0.15, 0.2) is 48.5 Å². The van der Waals surface area contributed by atoms with E-state index in [9.17, 15) is 9.18 Å². The lowest BCUT2D eigenvalue weighted by molar-refractivity contribution is -0.122. The number of nitrogens with one attached hydrogen (secondary N) is 1. The third-order valence-electron chi connectivity index (χ3n) is 2.61. The Labute approximate surface area is 121 Å². The van der Waals surface area contributed by atoms with Gasteiger partial charge in [-0.25, -0.2) is 4.39 Å². The second-order valence-electron chi connectivity index (χ2n) is 4.19. The largest absolute Gasteiger partial charge is 0.481 e. The molecule has 1 amide bonds. The molecule has 0 bridgehead atoms. The van der Waals surface area contributed by atoms with Crippen molar-refractivity contribution in [3.8, 4) is 5.75 Å². The molecule has 0 unspecified atom stereocenters. The fraction of sp³-hybridized carbons (Fsp3) is 0.133. The number of rotatable bonds is 4. The van der Waals surface area contributed by atoms with E-state index in [1.807, 2.05) is 0 Å². The molecule has 0 aromatic heterocycles. The topological polar surface area (TPSA) is 38.3 Å². The third kappa shape index (κ3) is 3.71. The molecule has 20 heavy (non-hydrogen) atoms. The van der Waals surface area contributed by atoms with Crippen molar-refractivity contribution in [1.82, 2.24) is 0 Å². The van der Waals surface area contributed by atoms with Gasteiger partial charge in [0.2, 0.25) is 0 Å². The fourth-order valence-corrected chi connectivity index (χ4v) is 1.78. The number of carbonyl (C=O) groups is 1. The van der Waals surface area contributed by atoms with Crippen molar-refractivity contribution in [1.29, 1.82) is 0 Å². The molecule has 0 aliphatic carbocycles. The summed E-state index contributed by atoms with van der Waals surface area (Å²) in [6.45, 7) is 1.58. The van der Waals surface area contributed by atoms with Crippen LogP contribution in [0.1, 0.15) is 6.92 Å². The number of ether oxygens (including phenoxy) is 1. The van der Waals surface area contributed by atoms with E-state index in [1.54, 1.807) is 43.3 Å². The molecule has 5 heteroatoms. The zero-order valence-corrected chi connectivity index (χ0v) is 11.5. The van der Waals surface area contributed by atoms with E-state index in [2.05, 4.69) is 5.32 Å². The maximum atomic E-state index is 13.4. The van der Waals surface area contributed by atoms with Crippen LogP contribution >= 0.6 is 11.6 Å². The van der Waals surface area contributed by atoms with E-state index in [1.165, 1.54) is 12.1 Å². The maximum absolute atomic E-state index is 13.4. The monoisotopic (exact) mass is 293 g/mol. The molecule has 3 nitrogen and oxygen atoms in total. The fourth-order valence-electron chi connectivity index (χ4n) is 1.59. The van der Waals surface area contributed by atoms with E-state index in [0.717, 1.165) is 0 Å². The Balaban J connectivity index is 2.01. The molecule has 2 aromatic carbocycles. The number of carbonyl (C=O) groups excluding carboxylic acids is 1. The van der Waals surface area contributed by atoms with Crippen molar-refractivity contribution < 1.29 is 13.9 Å². The van der Waals surface area contributed by atoms with Crippen LogP contribution in [0, 0.1) is 5.82 Å². The molecule has 0 fully saturated rings. The van der Waals surface area contributed by atoms with E-state index in [4.69, 9.17) is 16.3 Å². The minimum atomic E-state index is -0.770. The van der Waals surface area contributed by atoms with E-state index in [-0.39, 0.29) is 5.69 Å². The van der Waals surface area contributed by atoms with Crippen molar-refractivity contribution in [2.24, 2.45) is 0 Å². The number of hydrogen-bond donors (Lipinski definition) is 1. The van der Waals surface area contributed by atoms with Crippen LogP contribution in [0.2, 0.25) is 5.02 Å². The van der Waals surface area contributed by atoms with Gasteiger partial charge in [-0.15, -0.1) is 0 Å². The summed E-state index contributed by atoms with van der Waals surface area (Å²) in [6, 6.07) is 12.7. The standard InChI is InChI=1S/C15H13ClFNO2/c1-10(20-12-6-4-5-11(16)9-12)15(19)18-14-8-3-2-7-13(14)17/h2-10H,1H3,(H,18,19)/t10-/m0/s1. The van der Waals surface area contributed by atoms with Crippen LogP contribution in [-0.4, -0.2) is 12.0 Å². The van der Waals surface area contributed by atoms with E-state index in [0.29, 0.717) is 10.8 Å². The Morgan fingerprint density at radius 3 is 2.70 bits per heavy atom. The Hall–Kier alpha value is -2.07. The van der Waals surface area contributed by atoms with Gasteiger partial charge in [-0.1, -0.05) is 29.8 Å². The molecule has 0 aliphatic heterocycles. The molecule has 0 heterocycles. The zero-order chi connectivity index (χ0) is 14.5. The molecule has 2 rings (SSSR count). The number of anilines is 1. The molecule has 0 spiro atoms. The molecular formula is C15H13ClFNO2. The maximum Gasteiger partial charge on any atom is 0.265 e. The van der Waals surface area contributed by atoms with Gasteiger partial charge in [-0.3, -0.25) is 4.79 Å². The van der Waals surface area contributed by atoms with Gasteiger partial charge < -0.3 is 10.1 Å². The van der Waals surface area contributed by atoms with Crippen LogP contribution in [0.4, 0.5) is 10.1 Å². The second kappa shape index (κ2) is 6.39. The highest BCUT2D eigenvalue weighted by atomic mass is 35.5. The van der Waals surface area contributed by atoms with Gasteiger partial charge in [0.25, 0.3) is 5.91 Å². The van der Waals surface area contributed by atoms with E-state index >= 15 is 0 Å². The average molecular weight is 294 g/mol. The number of hydrogen-bond acceptors (Lipinski definition) is 2. The van der Waals surface area contributed by atoms with Crippen LogP contribution in [-0.2, 0) is 4.79 Å². The predicted molar refractivity (Wildman–Crippen MR) is 76.6 cm³/mol. The Morgan fingerprint density at radius 2 is 2.00 bits per heavy atom. The average Bonchev–Trinajstić information content (AvgIpc) is 2.41. The van der Waals surface area contributed by atoms with Crippen molar-refractivity contribution in [3.63, 3.8) is 0 Å². The molecule has 1 N–H and O–H groups in total. The molecule has 0 saturated heterocycles. The van der Waals surface area contributed by atoms with Crippen molar-refractivity contribution in [3.05, 3.63) is 59.4 Å². The van der Waals surface area contributed by atoms with Crippen molar-refractivity contribution >= 4 is 23.2 Å². The highest BCUT2D eigenvalue weighted by Crippen LogP contribution is 2.19. The van der Waals surface area contributed by atoms with Gasteiger partial charge in [-0.2, -0.15) is 0 Å². The highest BCUT2D eigenvalue weighted by molar-refractivity contribution is 6.30. The summed E-state index contributed by atoms with van der Waals surface area (Å²) in [6.07, 6.45) is -0.770. The summed E-state index contributed by atoms with van der Waals surface area (Å²) >= 11 is 5.83. The first kappa shape index (κ1) is 14.3. The van der Waals surface area contributed by atoms with Crippen LogP contribution < -0.4 is 10.1 Å². The molecular weight excluding hydrogens is 281 g/mol. The van der Waals surface area contributed by atoms with Crippen LogP contribution in [0.3, 0.4) is 0 Å². The van der Waals surface area contributed by atoms with Gasteiger partial charge >= 0.3 is 0 Å². The normalized spacial score (nSPS) is 11.8. The smallest absolute Gasteiger partial charge is 0.265 e. The van der Waals surface area contributed by atoms with Crippen LogP contribution in [0.5, 0.6) is 5.75 Å². The SMILES string of the molecule is C[C@H](Oc1cccc(Cl)c1)C(=O)Nc1ccccc1F. The first-order valence-corrected chi connectivity index (χ1v) is 6.41. The quantitative estimate of drug-likeness (QED) is 0.929. The second-order valence-corrected chi connectivity index (χ2v) is 4.62. The van der Waals surface area contributed by atoms with Gasteiger partial charge in [-0.05, 0) is 37.3 Å². The van der Waals surface area contributed by atoms with Gasteiger partial charge in [0.1, 0.15) is 11.6 Å². The zero-order valence-electron chi connectivity index (χ0n) is 10.8. The first-order chi connectivity index (χ1) is 9.56. The minimum Gasteiger partial charge on any atom is -0.481 e. The molecule has 1 atom stereocenters. The molecule has 0 radical (unpaired) electrons. The lowest BCUT2D eigenvalue weighted by atomic mass is 10.3. The third-order valence-corrected chi connectivity index (χ3v) is 2.84. The summed E-state index contributed by atoms with van der Waals surface area (Å²) in [7, 11) is 0. The van der Waals surface area contributed by atoms with Crippen molar-refractivity contribution in [2.45, 2.75) is 13.0 Å². The number of para-hydroxylation sites is 1. The van der Waals surface area contributed by atoms with E-state index < -0.39 is 17.8 Å². The summed E-state index contributed by atoms with van der Waals surface area (Å²) in [5.74, 6) is -0.445. The summed E-state index contributed by atoms with van der Waals surface area (Å²) in [4.78, 5) is 11.9. The van der Waals surface area contributed by atoms with Crippen molar-refractivity contribution in [2.75, 3.05) is 5.32 Å². The van der Waals surface area contributed by atoms with Crippen LogP contribution in [0.25, 0.3) is 0 Å². The summed E-state index contributed by atoms with van der Waals surface area (Å²) in [5.41, 5.74) is 0.124. The Kier molecular flexibility index (Phi) is 4.58. The summed E-state index contributed by atoms with van der Waals surface area (Å²) < 4.78 is 18.9. The van der Waals surface area contributed by atoms with Gasteiger partial charge in [0.05, 0.1) is 5.69 Å². The lowest BCUT2D eigenvalue weighted by Gasteiger charge is -2.15.